The number of hydrogen-bond acceptors (Lipinski definition) is 2. The standard InChI is InChI=1S/C26H22ClF4N3/c1-32-25-11-10-20(14-23(25)27)34(16-18-6-2-4-8-22(18)26(29,30)31)21-12-13-33(17-21)15-19-7-3-5-9-24(19)28/h2-11,14,21H,12-13,15-17H2/t21-/m0/s1. The molecular weight excluding hydrogens is 466 g/mol. The molecule has 3 nitrogen and oxygen atoms in total. The lowest BCUT2D eigenvalue weighted by atomic mass is 10.0. The van der Waals surface area contributed by atoms with Crippen LogP contribution < -0.4 is 4.90 Å². The summed E-state index contributed by atoms with van der Waals surface area (Å²) in [5.74, 6) is -0.275. The highest BCUT2D eigenvalue weighted by Gasteiger charge is 2.35. The number of benzene rings is 3. The van der Waals surface area contributed by atoms with Gasteiger partial charge in [-0.05, 0) is 36.2 Å². The van der Waals surface area contributed by atoms with Crippen LogP contribution in [0.15, 0.2) is 66.7 Å². The first-order valence-electron chi connectivity index (χ1n) is 10.8. The van der Waals surface area contributed by atoms with E-state index < -0.39 is 11.7 Å². The Kier molecular flexibility index (Phi) is 7.11. The van der Waals surface area contributed by atoms with Gasteiger partial charge in [0, 0.05) is 48.5 Å². The molecule has 1 aliphatic rings. The Morgan fingerprint density at radius 1 is 1.03 bits per heavy atom. The summed E-state index contributed by atoms with van der Waals surface area (Å²) >= 11 is 6.27. The van der Waals surface area contributed by atoms with Crippen molar-refractivity contribution in [2.75, 3.05) is 18.0 Å². The zero-order valence-corrected chi connectivity index (χ0v) is 19.0. The Hall–Kier alpha value is -3.08. The summed E-state index contributed by atoms with van der Waals surface area (Å²) in [6, 6.07) is 16.9. The Morgan fingerprint density at radius 2 is 1.74 bits per heavy atom. The third-order valence-electron chi connectivity index (χ3n) is 6.09. The number of nitrogens with zero attached hydrogens (tertiary/aromatic N) is 3. The maximum Gasteiger partial charge on any atom is 0.416 e. The Bertz CT molecular complexity index is 1210. The molecule has 0 amide bonds. The highest BCUT2D eigenvalue weighted by Crippen LogP contribution is 2.36. The highest BCUT2D eigenvalue weighted by molar-refractivity contribution is 6.33. The van der Waals surface area contributed by atoms with E-state index in [2.05, 4.69) is 9.74 Å². The summed E-state index contributed by atoms with van der Waals surface area (Å²) in [4.78, 5) is 7.38. The summed E-state index contributed by atoms with van der Waals surface area (Å²) in [5.41, 5.74) is 1.00. The lowest BCUT2D eigenvalue weighted by molar-refractivity contribution is -0.138. The van der Waals surface area contributed by atoms with E-state index in [4.69, 9.17) is 18.2 Å². The van der Waals surface area contributed by atoms with Gasteiger partial charge in [-0.25, -0.2) is 9.24 Å². The molecule has 1 heterocycles. The zero-order chi connectivity index (χ0) is 24.3. The van der Waals surface area contributed by atoms with Gasteiger partial charge in [0.05, 0.1) is 12.1 Å². The van der Waals surface area contributed by atoms with E-state index in [0.717, 1.165) is 6.07 Å². The van der Waals surface area contributed by atoms with E-state index in [1.54, 1.807) is 42.5 Å². The second-order valence-corrected chi connectivity index (χ2v) is 8.71. The maximum absolute atomic E-state index is 14.1. The Morgan fingerprint density at radius 3 is 2.41 bits per heavy atom. The van der Waals surface area contributed by atoms with Gasteiger partial charge in [-0.2, -0.15) is 13.2 Å². The van der Waals surface area contributed by atoms with Gasteiger partial charge in [-0.1, -0.05) is 54.1 Å². The molecule has 0 aromatic heterocycles. The SMILES string of the molecule is [C-]#[N+]c1ccc(N(Cc2ccccc2C(F)(F)F)[C@H]2CCN(Cc3ccccc3F)C2)cc1Cl. The summed E-state index contributed by atoms with van der Waals surface area (Å²) in [6.07, 6.45) is -3.77. The first kappa shape index (κ1) is 24.1. The van der Waals surface area contributed by atoms with Crippen molar-refractivity contribution in [3.63, 3.8) is 0 Å². The van der Waals surface area contributed by atoms with Crippen molar-refractivity contribution >= 4 is 23.0 Å². The summed E-state index contributed by atoms with van der Waals surface area (Å²) < 4.78 is 55.1. The van der Waals surface area contributed by atoms with Crippen LogP contribution in [0.4, 0.5) is 28.9 Å². The molecule has 4 rings (SSSR count). The lowest BCUT2D eigenvalue weighted by Crippen LogP contribution is -2.37. The fourth-order valence-electron chi connectivity index (χ4n) is 4.39. The predicted molar refractivity (Wildman–Crippen MR) is 125 cm³/mol. The molecule has 0 saturated carbocycles. The molecule has 0 spiro atoms. The van der Waals surface area contributed by atoms with Gasteiger partial charge in [0.15, 0.2) is 0 Å². The van der Waals surface area contributed by atoms with Crippen molar-refractivity contribution < 1.29 is 17.6 Å². The van der Waals surface area contributed by atoms with Crippen molar-refractivity contribution in [3.8, 4) is 0 Å². The molecule has 0 aliphatic carbocycles. The van der Waals surface area contributed by atoms with Crippen LogP contribution in [0.25, 0.3) is 4.85 Å². The number of likely N-dealkylation sites (tertiary alicyclic amines) is 1. The molecule has 176 valence electrons. The lowest BCUT2D eigenvalue weighted by Gasteiger charge is -2.33. The molecule has 1 saturated heterocycles. The van der Waals surface area contributed by atoms with Crippen molar-refractivity contribution in [1.82, 2.24) is 4.90 Å². The van der Waals surface area contributed by atoms with Gasteiger partial charge in [-0.15, -0.1) is 0 Å². The molecule has 0 N–H and O–H groups in total. The minimum Gasteiger partial charge on any atom is -0.363 e. The summed E-state index contributed by atoms with van der Waals surface area (Å²) in [5, 5.41) is 0.253. The molecule has 0 radical (unpaired) electrons. The monoisotopic (exact) mass is 487 g/mol. The second-order valence-electron chi connectivity index (χ2n) is 8.30. The number of rotatable bonds is 6. The summed E-state index contributed by atoms with van der Waals surface area (Å²) in [7, 11) is 0. The second kappa shape index (κ2) is 10.0. The normalized spacial score (nSPS) is 16.4. The van der Waals surface area contributed by atoms with E-state index in [-0.39, 0.29) is 34.7 Å². The van der Waals surface area contributed by atoms with Crippen LogP contribution in [0.1, 0.15) is 23.1 Å². The van der Waals surface area contributed by atoms with E-state index in [0.29, 0.717) is 37.3 Å². The molecule has 8 heteroatoms. The molecule has 1 atom stereocenters. The van der Waals surface area contributed by atoms with Gasteiger partial charge >= 0.3 is 6.18 Å². The Balaban J connectivity index is 1.64. The minimum absolute atomic E-state index is 0.0293. The largest absolute Gasteiger partial charge is 0.416 e. The number of alkyl halides is 3. The van der Waals surface area contributed by atoms with Gasteiger partial charge in [0.25, 0.3) is 0 Å². The fourth-order valence-corrected chi connectivity index (χ4v) is 4.61. The van der Waals surface area contributed by atoms with Crippen molar-refractivity contribution in [1.29, 1.82) is 0 Å². The van der Waals surface area contributed by atoms with Crippen molar-refractivity contribution in [2.24, 2.45) is 0 Å². The molecule has 1 aliphatic heterocycles. The average molecular weight is 488 g/mol. The average Bonchev–Trinajstić information content (AvgIpc) is 3.27. The molecule has 3 aromatic carbocycles. The third-order valence-corrected chi connectivity index (χ3v) is 6.39. The minimum atomic E-state index is -4.47. The van der Waals surface area contributed by atoms with Crippen LogP contribution >= 0.6 is 11.6 Å². The van der Waals surface area contributed by atoms with Crippen molar-refractivity contribution in [2.45, 2.75) is 31.7 Å². The topological polar surface area (TPSA) is 10.8 Å². The van der Waals surface area contributed by atoms with Crippen LogP contribution in [0.2, 0.25) is 5.02 Å². The van der Waals surface area contributed by atoms with Crippen LogP contribution in [-0.2, 0) is 19.3 Å². The molecule has 3 aromatic rings. The van der Waals surface area contributed by atoms with Gasteiger partial charge in [-0.3, -0.25) is 4.90 Å². The van der Waals surface area contributed by atoms with Crippen LogP contribution in [0.5, 0.6) is 0 Å². The Labute approximate surface area is 201 Å². The molecule has 34 heavy (non-hydrogen) atoms. The van der Waals surface area contributed by atoms with Gasteiger partial charge in [0.2, 0.25) is 5.69 Å². The smallest absolute Gasteiger partial charge is 0.363 e. The van der Waals surface area contributed by atoms with E-state index in [1.807, 2.05) is 4.90 Å². The number of halogens is 5. The van der Waals surface area contributed by atoms with Crippen LogP contribution in [0, 0.1) is 12.4 Å². The summed E-state index contributed by atoms with van der Waals surface area (Å²) in [6.45, 7) is 8.92. The molecule has 0 bridgehead atoms. The predicted octanol–water partition coefficient (Wildman–Crippen LogP) is 7.33. The highest BCUT2D eigenvalue weighted by atomic mass is 35.5. The molecule has 0 unspecified atom stereocenters. The first-order chi connectivity index (χ1) is 16.3. The molecule has 1 fully saturated rings. The zero-order valence-electron chi connectivity index (χ0n) is 18.2. The quantitative estimate of drug-likeness (QED) is 0.266. The fraction of sp³-hybridized carbons (Fsp3) is 0.269. The van der Waals surface area contributed by atoms with Crippen LogP contribution in [-0.4, -0.2) is 24.0 Å². The van der Waals surface area contributed by atoms with Gasteiger partial charge < -0.3 is 4.90 Å². The maximum atomic E-state index is 14.1. The van der Waals surface area contributed by atoms with Crippen molar-refractivity contribution in [3.05, 3.63) is 106 Å². The molecular formula is C26H22ClF4N3. The number of hydrogen-bond donors (Lipinski definition) is 0. The third kappa shape index (κ3) is 5.35. The van der Waals surface area contributed by atoms with E-state index in [9.17, 15) is 17.6 Å². The van der Waals surface area contributed by atoms with Gasteiger partial charge in [0.1, 0.15) is 5.82 Å². The number of anilines is 1. The first-order valence-corrected chi connectivity index (χ1v) is 11.2. The van der Waals surface area contributed by atoms with E-state index in [1.165, 1.54) is 18.2 Å². The van der Waals surface area contributed by atoms with E-state index >= 15 is 0 Å². The van der Waals surface area contributed by atoms with Crippen LogP contribution in [0.3, 0.4) is 0 Å².